The molecule has 1 N–H and O–H groups in total. The Morgan fingerprint density at radius 3 is 2.42 bits per heavy atom. The summed E-state index contributed by atoms with van der Waals surface area (Å²) in [5, 5.41) is 24.5. The largest absolute Gasteiger partial charge is 0.503 e. The molecule has 0 aliphatic heterocycles. The zero-order valence-corrected chi connectivity index (χ0v) is 14.1. The number of carbonyl (C=O) groups is 1. The summed E-state index contributed by atoms with van der Waals surface area (Å²) in [6.45, 7) is 0. The zero-order chi connectivity index (χ0) is 19.1. The number of rotatable bonds is 7. The van der Waals surface area contributed by atoms with Crippen LogP contribution in [-0.4, -0.2) is 35.9 Å². The van der Waals surface area contributed by atoms with Crippen LogP contribution in [0.1, 0.15) is 16.7 Å². The van der Waals surface area contributed by atoms with Crippen molar-refractivity contribution in [2.24, 2.45) is 5.16 Å². The minimum atomic E-state index is -1.19. The molecule has 0 saturated carbocycles. The molecule has 0 aliphatic carbocycles. The van der Waals surface area contributed by atoms with Gasteiger partial charge in [0.05, 0.1) is 18.3 Å². The van der Waals surface area contributed by atoms with E-state index in [9.17, 15) is 20.0 Å². The second-order valence-electron chi connectivity index (χ2n) is 5.05. The van der Waals surface area contributed by atoms with Gasteiger partial charge in [-0.05, 0) is 0 Å². The number of ether oxygens (including phenoxy) is 1. The van der Waals surface area contributed by atoms with Crippen LogP contribution in [0.3, 0.4) is 0 Å². The van der Waals surface area contributed by atoms with Crippen LogP contribution in [0.5, 0.6) is 0 Å². The number of oxime groups is 1. The molecule has 0 amide bonds. The number of carboxylic acids is 1. The molecule has 0 unspecified atom stereocenters. The van der Waals surface area contributed by atoms with E-state index in [0.29, 0.717) is 16.7 Å². The van der Waals surface area contributed by atoms with Gasteiger partial charge in [-0.2, -0.15) is 0 Å². The first-order valence-corrected chi connectivity index (χ1v) is 7.41. The van der Waals surface area contributed by atoms with E-state index in [-0.39, 0.29) is 17.0 Å². The molecule has 0 bridgehead atoms. The van der Waals surface area contributed by atoms with Crippen LogP contribution in [0, 0.1) is 10.1 Å². The van der Waals surface area contributed by atoms with Crippen molar-refractivity contribution in [3.8, 4) is 0 Å². The highest BCUT2D eigenvalue weighted by Gasteiger charge is 2.20. The van der Waals surface area contributed by atoms with E-state index in [4.69, 9.17) is 9.57 Å². The summed E-state index contributed by atoms with van der Waals surface area (Å²) < 4.78 is 4.87. The van der Waals surface area contributed by atoms with E-state index in [1.165, 1.54) is 32.4 Å². The van der Waals surface area contributed by atoms with Crippen molar-refractivity contribution in [3.63, 3.8) is 0 Å². The van der Waals surface area contributed by atoms with Gasteiger partial charge in [0.25, 0.3) is 5.69 Å². The number of benzene rings is 2. The number of aliphatic carboxylic acids is 1. The third-order valence-corrected chi connectivity index (χ3v) is 3.45. The SMILES string of the molecule is CO/C=C(/C(=O)O)c1ccccc1C(=NOC)c1cccc([N+](=O)[O-])c1. The molecule has 2 aromatic rings. The second-order valence-corrected chi connectivity index (χ2v) is 5.05. The maximum Gasteiger partial charge on any atom is 0.339 e. The Bertz CT molecular complexity index is 889. The number of nitro benzene ring substituents is 1. The normalized spacial score (nSPS) is 11.8. The molecule has 0 atom stereocenters. The van der Waals surface area contributed by atoms with Gasteiger partial charge in [-0.1, -0.05) is 41.6 Å². The average Bonchev–Trinajstić information content (AvgIpc) is 2.64. The summed E-state index contributed by atoms with van der Waals surface area (Å²) in [6, 6.07) is 12.5. The van der Waals surface area contributed by atoms with Gasteiger partial charge in [-0.25, -0.2) is 4.79 Å². The molecule has 0 aromatic heterocycles. The molecule has 8 heteroatoms. The molecule has 0 radical (unpaired) electrons. The molecular weight excluding hydrogens is 340 g/mol. The van der Waals surface area contributed by atoms with Gasteiger partial charge in [0.1, 0.15) is 18.4 Å². The highest BCUT2D eigenvalue weighted by atomic mass is 16.6. The molecular formula is C18H16N2O6. The van der Waals surface area contributed by atoms with Crippen LogP contribution in [0.25, 0.3) is 5.57 Å². The Kier molecular flexibility index (Phi) is 6.05. The fourth-order valence-electron chi connectivity index (χ4n) is 2.39. The van der Waals surface area contributed by atoms with Gasteiger partial charge < -0.3 is 14.7 Å². The molecule has 8 nitrogen and oxygen atoms in total. The van der Waals surface area contributed by atoms with Crippen molar-refractivity contribution in [3.05, 3.63) is 81.6 Å². The molecule has 2 rings (SSSR count). The Labute approximate surface area is 149 Å². The van der Waals surface area contributed by atoms with E-state index in [1.807, 2.05) is 0 Å². The zero-order valence-electron chi connectivity index (χ0n) is 14.1. The lowest BCUT2D eigenvalue weighted by atomic mass is 9.93. The summed E-state index contributed by atoms with van der Waals surface area (Å²) in [5.41, 5.74) is 1.24. The van der Waals surface area contributed by atoms with E-state index < -0.39 is 10.9 Å². The number of nitro groups is 1. The van der Waals surface area contributed by atoms with Crippen molar-refractivity contribution >= 4 is 22.9 Å². The lowest BCUT2D eigenvalue weighted by Gasteiger charge is -2.12. The van der Waals surface area contributed by atoms with Crippen LogP contribution in [-0.2, 0) is 14.4 Å². The Morgan fingerprint density at radius 2 is 1.85 bits per heavy atom. The summed E-state index contributed by atoms with van der Waals surface area (Å²) in [5.74, 6) is -1.19. The van der Waals surface area contributed by atoms with Crippen LogP contribution < -0.4 is 0 Å². The quantitative estimate of drug-likeness (QED) is 0.268. The molecule has 134 valence electrons. The van der Waals surface area contributed by atoms with Crippen LogP contribution >= 0.6 is 0 Å². The molecule has 2 aromatic carbocycles. The van der Waals surface area contributed by atoms with Gasteiger partial charge in [-0.15, -0.1) is 0 Å². The van der Waals surface area contributed by atoms with Crippen molar-refractivity contribution in [2.45, 2.75) is 0 Å². The van der Waals surface area contributed by atoms with E-state index in [1.54, 1.807) is 30.3 Å². The molecule has 26 heavy (non-hydrogen) atoms. The first-order valence-electron chi connectivity index (χ1n) is 7.41. The molecule has 0 saturated heterocycles. The van der Waals surface area contributed by atoms with Gasteiger partial charge in [0, 0.05) is 28.8 Å². The monoisotopic (exact) mass is 356 g/mol. The predicted octanol–water partition coefficient (Wildman–Crippen LogP) is 3.07. The fourth-order valence-corrected chi connectivity index (χ4v) is 2.39. The smallest absolute Gasteiger partial charge is 0.339 e. The molecule has 0 spiro atoms. The number of hydrogen-bond acceptors (Lipinski definition) is 6. The fraction of sp³-hybridized carbons (Fsp3) is 0.111. The summed E-state index contributed by atoms with van der Waals surface area (Å²) >= 11 is 0. The maximum absolute atomic E-state index is 11.6. The number of nitrogens with zero attached hydrogens (tertiary/aromatic N) is 2. The first-order chi connectivity index (χ1) is 12.5. The van der Waals surface area contributed by atoms with E-state index in [2.05, 4.69) is 5.16 Å². The van der Waals surface area contributed by atoms with E-state index in [0.717, 1.165) is 6.26 Å². The maximum atomic E-state index is 11.6. The number of methoxy groups -OCH3 is 1. The Morgan fingerprint density at radius 1 is 1.15 bits per heavy atom. The number of hydrogen-bond donors (Lipinski definition) is 1. The van der Waals surface area contributed by atoms with Crippen molar-refractivity contribution < 1.29 is 24.4 Å². The van der Waals surface area contributed by atoms with Gasteiger partial charge in [-0.3, -0.25) is 10.1 Å². The highest BCUT2D eigenvalue weighted by molar-refractivity contribution is 6.22. The third kappa shape index (κ3) is 4.04. The molecule has 0 aliphatic rings. The van der Waals surface area contributed by atoms with Crippen LogP contribution in [0.15, 0.2) is 59.9 Å². The lowest BCUT2D eigenvalue weighted by Crippen LogP contribution is -2.11. The average molecular weight is 356 g/mol. The summed E-state index contributed by atoms with van der Waals surface area (Å²) in [7, 11) is 2.68. The number of non-ortho nitro benzene ring substituents is 1. The minimum absolute atomic E-state index is 0.0858. The minimum Gasteiger partial charge on any atom is -0.503 e. The Hall–Kier alpha value is -3.68. The van der Waals surface area contributed by atoms with Gasteiger partial charge in [0.15, 0.2) is 0 Å². The summed E-state index contributed by atoms with van der Waals surface area (Å²) in [6.07, 6.45) is 1.11. The summed E-state index contributed by atoms with van der Waals surface area (Å²) in [4.78, 5) is 27.0. The predicted molar refractivity (Wildman–Crippen MR) is 94.8 cm³/mol. The first kappa shape index (κ1) is 18.7. The highest BCUT2D eigenvalue weighted by Crippen LogP contribution is 2.25. The number of carboxylic acid groups (broad SMARTS) is 1. The van der Waals surface area contributed by atoms with Crippen molar-refractivity contribution in [2.75, 3.05) is 14.2 Å². The van der Waals surface area contributed by atoms with Gasteiger partial charge >= 0.3 is 5.97 Å². The lowest BCUT2D eigenvalue weighted by molar-refractivity contribution is -0.384. The molecule has 0 heterocycles. The van der Waals surface area contributed by atoms with Crippen molar-refractivity contribution in [1.82, 2.24) is 0 Å². The van der Waals surface area contributed by atoms with Crippen molar-refractivity contribution in [1.29, 1.82) is 0 Å². The molecule has 0 fully saturated rings. The third-order valence-electron chi connectivity index (χ3n) is 3.45. The van der Waals surface area contributed by atoms with Crippen LogP contribution in [0.4, 0.5) is 5.69 Å². The van der Waals surface area contributed by atoms with Gasteiger partial charge in [0.2, 0.25) is 0 Å². The van der Waals surface area contributed by atoms with E-state index >= 15 is 0 Å². The topological polar surface area (TPSA) is 111 Å². The Balaban J connectivity index is 2.69. The standard InChI is InChI=1S/C18H16N2O6/c1-25-11-16(18(21)22)14-8-3-4-9-15(14)17(19-26-2)12-6-5-7-13(10-12)20(23)24/h3-11H,1-2H3,(H,21,22)/b16-11+,19-17?. The van der Waals surface area contributed by atoms with Crippen LogP contribution in [0.2, 0.25) is 0 Å². The second kappa shape index (κ2) is 8.43.